The fourth-order valence-electron chi connectivity index (χ4n) is 4.93. The standard InChI is InChI=1S/C24H38O4/c1-4-5-6-7-9-18(2)27-20-11-12-21-22-17-24(26-3,28-23(21)16-20)14-13-19(22)10-8-15-25/h11-12,16,18-19,22,25H,4-10,13-15,17H2,1-3H3. The molecule has 1 aromatic rings. The van der Waals surface area contributed by atoms with Gasteiger partial charge in [-0.15, -0.1) is 0 Å². The lowest BCUT2D eigenvalue weighted by Crippen LogP contribution is -2.48. The number of ether oxygens (including phenoxy) is 3. The predicted molar refractivity (Wildman–Crippen MR) is 112 cm³/mol. The molecule has 1 N–H and O–H groups in total. The zero-order valence-electron chi connectivity index (χ0n) is 17.9. The van der Waals surface area contributed by atoms with Gasteiger partial charge in [0, 0.05) is 32.6 Å². The Kier molecular flexibility index (Phi) is 7.64. The van der Waals surface area contributed by atoms with Crippen molar-refractivity contribution in [3.8, 4) is 11.5 Å². The van der Waals surface area contributed by atoms with Gasteiger partial charge >= 0.3 is 0 Å². The molecular weight excluding hydrogens is 352 g/mol. The smallest absolute Gasteiger partial charge is 0.210 e. The van der Waals surface area contributed by atoms with Crippen LogP contribution in [0.2, 0.25) is 0 Å². The Morgan fingerprint density at radius 2 is 2.11 bits per heavy atom. The molecule has 4 unspecified atom stereocenters. The van der Waals surface area contributed by atoms with E-state index in [1.807, 2.05) is 0 Å². The maximum Gasteiger partial charge on any atom is 0.210 e. The van der Waals surface area contributed by atoms with Crippen molar-refractivity contribution < 1.29 is 19.3 Å². The quantitative estimate of drug-likeness (QED) is 0.484. The van der Waals surface area contributed by atoms with Crippen molar-refractivity contribution in [1.29, 1.82) is 0 Å². The van der Waals surface area contributed by atoms with Gasteiger partial charge in [-0.2, -0.15) is 0 Å². The zero-order chi connectivity index (χ0) is 20.0. The molecule has 2 aliphatic rings. The molecule has 158 valence electrons. The molecule has 0 spiro atoms. The molecule has 28 heavy (non-hydrogen) atoms. The summed E-state index contributed by atoms with van der Waals surface area (Å²) in [5, 5.41) is 9.26. The molecule has 1 fully saturated rings. The molecular formula is C24H38O4. The summed E-state index contributed by atoms with van der Waals surface area (Å²) in [6.07, 6.45) is 11.2. The first-order valence-electron chi connectivity index (χ1n) is 11.3. The van der Waals surface area contributed by atoms with Crippen LogP contribution in [0.4, 0.5) is 0 Å². The highest BCUT2D eigenvalue weighted by molar-refractivity contribution is 5.45. The minimum atomic E-state index is -0.502. The van der Waals surface area contributed by atoms with Crippen molar-refractivity contribution in [1.82, 2.24) is 0 Å². The number of hydrogen-bond donors (Lipinski definition) is 1. The van der Waals surface area contributed by atoms with E-state index in [2.05, 4.69) is 32.0 Å². The van der Waals surface area contributed by atoms with Crippen molar-refractivity contribution in [3.05, 3.63) is 23.8 Å². The van der Waals surface area contributed by atoms with Gasteiger partial charge in [0.05, 0.1) is 6.10 Å². The van der Waals surface area contributed by atoms with Crippen molar-refractivity contribution in [2.45, 2.75) is 95.9 Å². The number of aliphatic hydroxyl groups is 1. The van der Waals surface area contributed by atoms with E-state index in [0.29, 0.717) is 11.8 Å². The fraction of sp³-hybridized carbons (Fsp3) is 0.750. The molecule has 4 heteroatoms. The molecule has 0 radical (unpaired) electrons. The van der Waals surface area contributed by atoms with E-state index in [0.717, 1.165) is 50.0 Å². The van der Waals surface area contributed by atoms with Crippen LogP contribution in [-0.4, -0.2) is 30.7 Å². The van der Waals surface area contributed by atoms with E-state index in [9.17, 15) is 5.11 Å². The summed E-state index contributed by atoms with van der Waals surface area (Å²) < 4.78 is 18.4. The lowest BCUT2D eigenvalue weighted by atomic mass is 9.69. The molecule has 0 saturated heterocycles. The first kappa shape index (κ1) is 21.4. The number of aliphatic hydroxyl groups excluding tert-OH is 1. The maximum absolute atomic E-state index is 9.26. The second-order valence-corrected chi connectivity index (χ2v) is 8.67. The van der Waals surface area contributed by atoms with Gasteiger partial charge in [-0.05, 0) is 62.5 Å². The molecule has 1 heterocycles. The summed E-state index contributed by atoms with van der Waals surface area (Å²) >= 11 is 0. The summed E-state index contributed by atoms with van der Waals surface area (Å²) in [6.45, 7) is 4.66. The Hall–Kier alpha value is -1.26. The monoisotopic (exact) mass is 390 g/mol. The van der Waals surface area contributed by atoms with Gasteiger partial charge in [0.1, 0.15) is 11.5 Å². The number of methoxy groups -OCH3 is 1. The third kappa shape index (κ3) is 5.01. The minimum Gasteiger partial charge on any atom is -0.491 e. The van der Waals surface area contributed by atoms with Crippen molar-refractivity contribution in [3.63, 3.8) is 0 Å². The highest BCUT2D eigenvalue weighted by Gasteiger charge is 2.47. The fourth-order valence-corrected chi connectivity index (χ4v) is 4.93. The zero-order valence-corrected chi connectivity index (χ0v) is 17.9. The van der Waals surface area contributed by atoms with Gasteiger partial charge in [-0.1, -0.05) is 32.3 Å². The molecule has 4 atom stereocenters. The Bertz CT molecular complexity index is 617. The van der Waals surface area contributed by atoms with Crippen LogP contribution in [0, 0.1) is 5.92 Å². The summed E-state index contributed by atoms with van der Waals surface area (Å²) in [6, 6.07) is 6.35. The number of fused-ring (bicyclic) bond motifs is 4. The Balaban J connectivity index is 1.70. The van der Waals surface area contributed by atoms with Crippen LogP contribution < -0.4 is 9.47 Å². The molecule has 3 rings (SSSR count). The lowest BCUT2D eigenvalue weighted by Gasteiger charge is -2.48. The molecule has 2 bridgehead atoms. The van der Waals surface area contributed by atoms with Gasteiger partial charge in [-0.3, -0.25) is 0 Å². The molecule has 1 aliphatic carbocycles. The van der Waals surface area contributed by atoms with Crippen LogP contribution in [-0.2, 0) is 4.74 Å². The SMILES string of the molecule is CCCCCCC(C)Oc1ccc2c(c1)OC1(OC)CCC(CCCO)C2C1. The topological polar surface area (TPSA) is 47.9 Å². The van der Waals surface area contributed by atoms with Crippen molar-refractivity contribution >= 4 is 0 Å². The van der Waals surface area contributed by atoms with E-state index >= 15 is 0 Å². The van der Waals surface area contributed by atoms with Gasteiger partial charge in [-0.25, -0.2) is 0 Å². The number of hydrogen-bond acceptors (Lipinski definition) is 4. The van der Waals surface area contributed by atoms with Crippen LogP contribution >= 0.6 is 0 Å². The normalized spacial score (nSPS) is 27.0. The van der Waals surface area contributed by atoms with Crippen LogP contribution in [0.25, 0.3) is 0 Å². The summed E-state index contributed by atoms with van der Waals surface area (Å²) in [7, 11) is 1.76. The van der Waals surface area contributed by atoms with E-state index < -0.39 is 5.79 Å². The summed E-state index contributed by atoms with van der Waals surface area (Å²) in [4.78, 5) is 0. The predicted octanol–water partition coefficient (Wildman–Crippen LogP) is 5.82. The van der Waals surface area contributed by atoms with Crippen molar-refractivity contribution in [2.24, 2.45) is 5.92 Å². The molecule has 1 aromatic carbocycles. The first-order valence-corrected chi connectivity index (χ1v) is 11.3. The Morgan fingerprint density at radius 1 is 1.25 bits per heavy atom. The van der Waals surface area contributed by atoms with Crippen LogP contribution in [0.1, 0.15) is 89.5 Å². The Morgan fingerprint density at radius 3 is 2.86 bits per heavy atom. The third-order valence-electron chi connectivity index (χ3n) is 6.58. The van der Waals surface area contributed by atoms with Crippen LogP contribution in [0.3, 0.4) is 0 Å². The second kappa shape index (κ2) is 9.98. The third-order valence-corrected chi connectivity index (χ3v) is 6.58. The van der Waals surface area contributed by atoms with E-state index in [4.69, 9.17) is 14.2 Å². The van der Waals surface area contributed by atoms with E-state index in [1.54, 1.807) is 7.11 Å². The lowest BCUT2D eigenvalue weighted by molar-refractivity contribution is -0.202. The number of unbranched alkanes of at least 4 members (excludes halogenated alkanes) is 3. The van der Waals surface area contributed by atoms with Gasteiger partial charge in [0.25, 0.3) is 0 Å². The Labute approximate surface area is 170 Å². The molecule has 0 amide bonds. The molecule has 1 aliphatic heterocycles. The largest absolute Gasteiger partial charge is 0.491 e. The molecule has 0 aromatic heterocycles. The average Bonchev–Trinajstić information content (AvgIpc) is 2.70. The maximum atomic E-state index is 9.26. The van der Waals surface area contributed by atoms with Crippen LogP contribution in [0.5, 0.6) is 11.5 Å². The average molecular weight is 391 g/mol. The van der Waals surface area contributed by atoms with Crippen LogP contribution in [0.15, 0.2) is 18.2 Å². The van der Waals surface area contributed by atoms with E-state index in [1.165, 1.54) is 31.2 Å². The summed E-state index contributed by atoms with van der Waals surface area (Å²) in [5.74, 6) is 2.33. The van der Waals surface area contributed by atoms with Crippen molar-refractivity contribution in [2.75, 3.05) is 13.7 Å². The highest BCUT2D eigenvalue weighted by atomic mass is 16.7. The minimum absolute atomic E-state index is 0.215. The number of benzene rings is 1. The first-order chi connectivity index (χ1) is 13.6. The van der Waals surface area contributed by atoms with Gasteiger partial charge in [0.15, 0.2) is 0 Å². The van der Waals surface area contributed by atoms with Gasteiger partial charge < -0.3 is 19.3 Å². The highest BCUT2D eigenvalue weighted by Crippen LogP contribution is 2.53. The van der Waals surface area contributed by atoms with Gasteiger partial charge in [0.2, 0.25) is 5.79 Å². The second-order valence-electron chi connectivity index (χ2n) is 8.67. The molecule has 1 saturated carbocycles. The number of rotatable bonds is 11. The van der Waals surface area contributed by atoms with E-state index in [-0.39, 0.29) is 12.7 Å². The molecule has 4 nitrogen and oxygen atoms in total. The summed E-state index contributed by atoms with van der Waals surface area (Å²) in [5.41, 5.74) is 1.28.